The van der Waals surface area contributed by atoms with Crippen molar-refractivity contribution in [3.63, 3.8) is 0 Å². The first-order valence-corrected chi connectivity index (χ1v) is 4.79. The summed E-state index contributed by atoms with van der Waals surface area (Å²) in [4.78, 5) is 8.43. The number of aryl methyl sites for hydroxylation is 1. The van der Waals surface area contributed by atoms with Crippen molar-refractivity contribution in [2.75, 3.05) is 12.1 Å². The van der Waals surface area contributed by atoms with E-state index in [1.54, 1.807) is 13.2 Å². The first-order valence-electron chi connectivity index (χ1n) is 4.79. The molecule has 16 heavy (non-hydrogen) atoms. The van der Waals surface area contributed by atoms with E-state index in [1.165, 1.54) is 5.01 Å². The Kier molecular flexibility index (Phi) is 2.74. The number of anilines is 1. The van der Waals surface area contributed by atoms with Crippen LogP contribution in [0.3, 0.4) is 0 Å². The SMILES string of the molecule is Cc1nc(N(C)N)nnc1-c1ccccn1. The van der Waals surface area contributed by atoms with Crippen LogP contribution < -0.4 is 10.9 Å². The highest BCUT2D eigenvalue weighted by atomic mass is 15.5. The van der Waals surface area contributed by atoms with Gasteiger partial charge in [0.15, 0.2) is 0 Å². The molecule has 2 aromatic rings. The van der Waals surface area contributed by atoms with Gasteiger partial charge in [-0.2, -0.15) is 0 Å². The van der Waals surface area contributed by atoms with E-state index in [2.05, 4.69) is 20.2 Å². The number of nitrogens with zero attached hydrogens (tertiary/aromatic N) is 5. The average Bonchev–Trinajstić information content (AvgIpc) is 2.30. The molecule has 82 valence electrons. The highest BCUT2D eigenvalue weighted by Crippen LogP contribution is 2.16. The van der Waals surface area contributed by atoms with Crippen LogP contribution in [0.1, 0.15) is 5.69 Å². The Morgan fingerprint density at radius 1 is 1.25 bits per heavy atom. The molecule has 6 nitrogen and oxygen atoms in total. The molecule has 0 atom stereocenters. The molecular formula is C10H12N6. The second-order valence-corrected chi connectivity index (χ2v) is 3.37. The molecule has 0 bridgehead atoms. The van der Waals surface area contributed by atoms with Crippen LogP contribution in [-0.2, 0) is 0 Å². The summed E-state index contributed by atoms with van der Waals surface area (Å²) in [5.74, 6) is 5.91. The maximum atomic E-state index is 5.52. The van der Waals surface area contributed by atoms with Crippen LogP contribution in [-0.4, -0.2) is 27.2 Å². The lowest BCUT2D eigenvalue weighted by Gasteiger charge is -2.10. The van der Waals surface area contributed by atoms with Crippen molar-refractivity contribution < 1.29 is 0 Å². The van der Waals surface area contributed by atoms with Crippen molar-refractivity contribution in [1.29, 1.82) is 0 Å². The van der Waals surface area contributed by atoms with Gasteiger partial charge in [-0.15, -0.1) is 10.2 Å². The van der Waals surface area contributed by atoms with E-state index in [0.29, 0.717) is 11.6 Å². The topological polar surface area (TPSA) is 80.8 Å². The first-order chi connectivity index (χ1) is 7.68. The molecular weight excluding hydrogens is 204 g/mol. The zero-order valence-corrected chi connectivity index (χ0v) is 9.12. The molecule has 0 aliphatic carbocycles. The van der Waals surface area contributed by atoms with Crippen LogP contribution in [0.5, 0.6) is 0 Å². The van der Waals surface area contributed by atoms with Crippen molar-refractivity contribution in [2.24, 2.45) is 5.84 Å². The highest BCUT2D eigenvalue weighted by Gasteiger charge is 2.09. The van der Waals surface area contributed by atoms with Gasteiger partial charge in [-0.05, 0) is 19.1 Å². The van der Waals surface area contributed by atoms with E-state index < -0.39 is 0 Å². The van der Waals surface area contributed by atoms with E-state index in [4.69, 9.17) is 5.84 Å². The summed E-state index contributed by atoms with van der Waals surface area (Å²) < 4.78 is 0. The van der Waals surface area contributed by atoms with Crippen molar-refractivity contribution in [1.82, 2.24) is 20.2 Å². The van der Waals surface area contributed by atoms with Gasteiger partial charge in [-0.3, -0.25) is 9.99 Å². The molecule has 6 heteroatoms. The van der Waals surface area contributed by atoms with Gasteiger partial charge in [0, 0.05) is 13.2 Å². The van der Waals surface area contributed by atoms with Gasteiger partial charge in [-0.25, -0.2) is 10.8 Å². The van der Waals surface area contributed by atoms with E-state index in [1.807, 2.05) is 25.1 Å². The predicted octanol–water partition coefficient (Wildman–Crippen LogP) is 0.552. The van der Waals surface area contributed by atoms with E-state index in [0.717, 1.165) is 11.4 Å². The summed E-state index contributed by atoms with van der Waals surface area (Å²) in [5, 5.41) is 9.31. The molecule has 0 unspecified atom stereocenters. The van der Waals surface area contributed by atoms with Crippen LogP contribution in [0, 0.1) is 6.92 Å². The minimum absolute atomic E-state index is 0.386. The zero-order chi connectivity index (χ0) is 11.5. The maximum Gasteiger partial charge on any atom is 0.259 e. The summed E-state index contributed by atoms with van der Waals surface area (Å²) in [6.07, 6.45) is 1.71. The third-order valence-corrected chi connectivity index (χ3v) is 2.07. The van der Waals surface area contributed by atoms with E-state index in [-0.39, 0.29) is 0 Å². The maximum absolute atomic E-state index is 5.52. The minimum Gasteiger partial charge on any atom is -0.281 e. The lowest BCUT2D eigenvalue weighted by Crippen LogP contribution is -2.27. The van der Waals surface area contributed by atoms with Gasteiger partial charge in [0.2, 0.25) is 0 Å². The molecule has 2 rings (SSSR count). The smallest absolute Gasteiger partial charge is 0.259 e. The van der Waals surface area contributed by atoms with Crippen molar-refractivity contribution in [2.45, 2.75) is 6.92 Å². The molecule has 0 aromatic carbocycles. The number of hydrogen-bond donors (Lipinski definition) is 1. The van der Waals surface area contributed by atoms with Crippen molar-refractivity contribution >= 4 is 5.95 Å². The third kappa shape index (κ3) is 1.96. The Bertz CT molecular complexity index is 482. The van der Waals surface area contributed by atoms with Crippen LogP contribution >= 0.6 is 0 Å². The Morgan fingerprint density at radius 3 is 2.62 bits per heavy atom. The zero-order valence-electron chi connectivity index (χ0n) is 9.12. The summed E-state index contributed by atoms with van der Waals surface area (Å²) in [6.45, 7) is 1.85. The Balaban J connectivity index is 2.45. The van der Waals surface area contributed by atoms with Gasteiger partial charge >= 0.3 is 0 Å². The standard InChI is InChI=1S/C10H12N6/c1-7-9(8-5-3-4-6-12-8)14-15-10(13-7)16(2)11/h3-6H,11H2,1-2H3. The number of pyridine rings is 1. The molecule has 2 N–H and O–H groups in total. The number of nitrogens with two attached hydrogens (primary N) is 1. The molecule has 0 aliphatic rings. The molecule has 0 fully saturated rings. The second kappa shape index (κ2) is 4.19. The van der Waals surface area contributed by atoms with Crippen LogP contribution in [0.15, 0.2) is 24.4 Å². The normalized spacial score (nSPS) is 10.2. The molecule has 0 radical (unpaired) electrons. The first kappa shape index (κ1) is 10.4. The fourth-order valence-corrected chi connectivity index (χ4v) is 1.28. The molecule has 0 aliphatic heterocycles. The van der Waals surface area contributed by atoms with Gasteiger partial charge in [0.25, 0.3) is 5.95 Å². The Morgan fingerprint density at radius 2 is 2.06 bits per heavy atom. The summed E-state index contributed by atoms with van der Waals surface area (Å²) >= 11 is 0. The molecule has 0 amide bonds. The highest BCUT2D eigenvalue weighted by molar-refractivity contribution is 5.56. The number of hydrogen-bond acceptors (Lipinski definition) is 6. The molecule has 2 heterocycles. The van der Waals surface area contributed by atoms with Gasteiger partial charge in [0.1, 0.15) is 5.69 Å². The van der Waals surface area contributed by atoms with E-state index in [9.17, 15) is 0 Å². The monoisotopic (exact) mass is 216 g/mol. The van der Waals surface area contributed by atoms with Gasteiger partial charge in [0.05, 0.1) is 11.4 Å². The Hall–Kier alpha value is -2.08. The minimum atomic E-state index is 0.386. The molecule has 2 aromatic heterocycles. The quantitative estimate of drug-likeness (QED) is 0.583. The summed E-state index contributed by atoms with van der Waals surface area (Å²) in [6, 6.07) is 5.61. The largest absolute Gasteiger partial charge is 0.281 e. The van der Waals surface area contributed by atoms with E-state index >= 15 is 0 Å². The molecule has 0 spiro atoms. The predicted molar refractivity (Wildman–Crippen MR) is 60.4 cm³/mol. The van der Waals surface area contributed by atoms with Gasteiger partial charge in [-0.1, -0.05) is 6.07 Å². The summed E-state index contributed by atoms with van der Waals surface area (Å²) in [5.41, 5.74) is 2.18. The molecule has 0 saturated heterocycles. The summed E-state index contributed by atoms with van der Waals surface area (Å²) in [7, 11) is 1.66. The van der Waals surface area contributed by atoms with Gasteiger partial charge < -0.3 is 0 Å². The van der Waals surface area contributed by atoms with Crippen LogP contribution in [0.25, 0.3) is 11.4 Å². The van der Waals surface area contributed by atoms with Crippen LogP contribution in [0.4, 0.5) is 5.95 Å². The Labute approximate surface area is 93.1 Å². The van der Waals surface area contributed by atoms with Crippen molar-refractivity contribution in [3.05, 3.63) is 30.1 Å². The fraction of sp³-hybridized carbons (Fsp3) is 0.200. The lowest BCUT2D eigenvalue weighted by molar-refractivity contribution is 0.856. The molecule has 0 saturated carbocycles. The second-order valence-electron chi connectivity index (χ2n) is 3.37. The van der Waals surface area contributed by atoms with Crippen LogP contribution in [0.2, 0.25) is 0 Å². The number of rotatable bonds is 2. The average molecular weight is 216 g/mol. The number of aromatic nitrogens is 4. The lowest BCUT2D eigenvalue weighted by atomic mass is 10.2. The fourth-order valence-electron chi connectivity index (χ4n) is 1.28. The number of hydrazine groups is 1. The third-order valence-electron chi connectivity index (χ3n) is 2.07. The van der Waals surface area contributed by atoms with Crippen molar-refractivity contribution in [3.8, 4) is 11.4 Å².